The van der Waals surface area contributed by atoms with E-state index in [1.807, 2.05) is 67.6 Å². The number of nitrogens with one attached hydrogen (secondary N) is 2. The Morgan fingerprint density at radius 3 is 2.31 bits per heavy atom. The van der Waals surface area contributed by atoms with Crippen LogP contribution in [0.2, 0.25) is 0 Å². The van der Waals surface area contributed by atoms with Gasteiger partial charge in [-0.15, -0.1) is 0 Å². The van der Waals surface area contributed by atoms with Crippen LogP contribution in [0.5, 0.6) is 11.5 Å². The van der Waals surface area contributed by atoms with E-state index in [9.17, 15) is 4.79 Å². The summed E-state index contributed by atoms with van der Waals surface area (Å²) in [5.41, 5.74) is 2.29. The Bertz CT molecular complexity index is 959. The molecule has 0 aliphatic heterocycles. The third-order valence-corrected chi connectivity index (χ3v) is 4.22. The first-order valence-corrected chi connectivity index (χ1v) is 9.67. The fraction of sp³-hybridized carbons (Fsp3) is 0.130. The molecular formula is C23H22N2O3S. The van der Waals surface area contributed by atoms with Gasteiger partial charge in [-0.3, -0.25) is 10.1 Å². The number of benzene rings is 3. The van der Waals surface area contributed by atoms with Crippen LogP contribution in [0.25, 0.3) is 0 Å². The number of carbonyl (C=O) groups excluding carboxylic acids is 1. The molecule has 0 heterocycles. The van der Waals surface area contributed by atoms with Gasteiger partial charge in [0, 0.05) is 5.69 Å². The van der Waals surface area contributed by atoms with Crippen molar-refractivity contribution in [3.63, 3.8) is 0 Å². The molecule has 0 saturated carbocycles. The van der Waals surface area contributed by atoms with Crippen LogP contribution in [-0.4, -0.2) is 17.6 Å². The summed E-state index contributed by atoms with van der Waals surface area (Å²) in [5.74, 6) is 0.949. The largest absolute Gasteiger partial charge is 0.493 e. The molecule has 6 heteroatoms. The standard InChI is InChI=1S/C23H22N2O3S/c1-2-27-21-11-7-6-10-20(21)22(26)25-23(29)24-18-12-14-19(15-13-18)28-16-17-8-4-3-5-9-17/h3-15H,2,16H2,1H3,(H2,24,25,26,29). The highest BCUT2D eigenvalue weighted by Gasteiger charge is 2.13. The van der Waals surface area contributed by atoms with Crippen molar-refractivity contribution in [2.24, 2.45) is 0 Å². The Kier molecular flexibility index (Phi) is 7.19. The Labute approximate surface area is 175 Å². The molecule has 3 aromatic rings. The third-order valence-electron chi connectivity index (χ3n) is 4.02. The molecule has 148 valence electrons. The number of ether oxygens (including phenoxy) is 2. The van der Waals surface area contributed by atoms with Gasteiger partial charge in [-0.25, -0.2) is 0 Å². The van der Waals surface area contributed by atoms with Gasteiger partial charge in [-0.2, -0.15) is 0 Å². The first-order valence-electron chi connectivity index (χ1n) is 9.26. The van der Waals surface area contributed by atoms with Gasteiger partial charge in [0.15, 0.2) is 5.11 Å². The van der Waals surface area contributed by atoms with Crippen LogP contribution in [0, 0.1) is 0 Å². The van der Waals surface area contributed by atoms with Crippen molar-refractivity contribution in [2.45, 2.75) is 13.5 Å². The number of anilines is 1. The summed E-state index contributed by atoms with van der Waals surface area (Å²) in [5, 5.41) is 5.88. The monoisotopic (exact) mass is 406 g/mol. The molecule has 0 fully saturated rings. The maximum atomic E-state index is 12.5. The fourth-order valence-corrected chi connectivity index (χ4v) is 2.85. The lowest BCUT2D eigenvalue weighted by Crippen LogP contribution is -2.34. The Hall–Kier alpha value is -3.38. The van der Waals surface area contributed by atoms with Crippen LogP contribution in [0.15, 0.2) is 78.9 Å². The highest BCUT2D eigenvalue weighted by Crippen LogP contribution is 2.19. The average molecular weight is 407 g/mol. The Balaban J connectivity index is 1.53. The van der Waals surface area contributed by atoms with Crippen molar-refractivity contribution in [1.29, 1.82) is 0 Å². The molecular weight excluding hydrogens is 384 g/mol. The van der Waals surface area contributed by atoms with Gasteiger partial charge < -0.3 is 14.8 Å². The summed E-state index contributed by atoms with van der Waals surface area (Å²) in [6, 6.07) is 24.4. The highest BCUT2D eigenvalue weighted by molar-refractivity contribution is 7.80. The van der Waals surface area contributed by atoms with E-state index in [0.717, 1.165) is 17.0 Å². The number of hydrogen-bond acceptors (Lipinski definition) is 4. The number of amides is 1. The predicted octanol–water partition coefficient (Wildman–Crippen LogP) is 4.79. The summed E-state index contributed by atoms with van der Waals surface area (Å²) >= 11 is 5.25. The minimum atomic E-state index is -0.325. The van der Waals surface area contributed by atoms with Gasteiger partial charge >= 0.3 is 0 Å². The maximum absolute atomic E-state index is 12.5. The molecule has 3 aromatic carbocycles. The summed E-state index contributed by atoms with van der Waals surface area (Å²) in [4.78, 5) is 12.5. The maximum Gasteiger partial charge on any atom is 0.261 e. The second-order valence-corrected chi connectivity index (χ2v) is 6.54. The van der Waals surface area contributed by atoms with Crippen LogP contribution in [0.1, 0.15) is 22.8 Å². The van der Waals surface area contributed by atoms with E-state index in [2.05, 4.69) is 10.6 Å². The zero-order valence-electron chi connectivity index (χ0n) is 16.1. The van der Waals surface area contributed by atoms with Crippen LogP contribution in [0.3, 0.4) is 0 Å². The lowest BCUT2D eigenvalue weighted by atomic mass is 10.2. The number of para-hydroxylation sites is 1. The molecule has 0 spiro atoms. The van der Waals surface area contributed by atoms with Crippen molar-refractivity contribution < 1.29 is 14.3 Å². The summed E-state index contributed by atoms with van der Waals surface area (Å²) < 4.78 is 11.3. The van der Waals surface area contributed by atoms with Crippen LogP contribution >= 0.6 is 12.2 Å². The second-order valence-electron chi connectivity index (χ2n) is 6.14. The molecule has 3 rings (SSSR count). The lowest BCUT2D eigenvalue weighted by molar-refractivity contribution is 0.0974. The summed E-state index contributed by atoms with van der Waals surface area (Å²) in [7, 11) is 0. The molecule has 0 aromatic heterocycles. The predicted molar refractivity (Wildman–Crippen MR) is 119 cm³/mol. The highest BCUT2D eigenvalue weighted by atomic mass is 32.1. The number of carbonyl (C=O) groups is 1. The molecule has 0 atom stereocenters. The molecule has 1 amide bonds. The van der Waals surface area contributed by atoms with Crippen molar-refractivity contribution in [3.8, 4) is 11.5 Å². The van der Waals surface area contributed by atoms with Crippen LogP contribution in [0.4, 0.5) is 5.69 Å². The van der Waals surface area contributed by atoms with E-state index in [1.165, 1.54) is 0 Å². The van der Waals surface area contributed by atoms with Gasteiger partial charge in [0.25, 0.3) is 5.91 Å². The van der Waals surface area contributed by atoms with Crippen molar-refractivity contribution in [3.05, 3.63) is 90.0 Å². The molecule has 0 bridgehead atoms. The van der Waals surface area contributed by atoms with Crippen LogP contribution in [-0.2, 0) is 6.61 Å². The average Bonchev–Trinajstić information content (AvgIpc) is 2.74. The molecule has 0 saturated heterocycles. The zero-order valence-corrected chi connectivity index (χ0v) is 16.9. The topological polar surface area (TPSA) is 59.6 Å². The van der Waals surface area contributed by atoms with E-state index in [0.29, 0.717) is 24.5 Å². The smallest absolute Gasteiger partial charge is 0.261 e. The summed E-state index contributed by atoms with van der Waals surface area (Å²) in [6.07, 6.45) is 0. The van der Waals surface area contributed by atoms with Gasteiger partial charge in [0.1, 0.15) is 18.1 Å². The first kappa shape index (κ1) is 20.4. The quantitative estimate of drug-likeness (QED) is 0.553. The van der Waals surface area contributed by atoms with E-state index >= 15 is 0 Å². The molecule has 2 N–H and O–H groups in total. The van der Waals surface area contributed by atoms with Gasteiger partial charge in [0.05, 0.1) is 12.2 Å². The molecule has 0 aliphatic rings. The number of hydrogen-bond donors (Lipinski definition) is 2. The first-order chi connectivity index (χ1) is 14.2. The summed E-state index contributed by atoms with van der Waals surface area (Å²) in [6.45, 7) is 2.85. The number of rotatable bonds is 7. The molecule has 0 aliphatic carbocycles. The SMILES string of the molecule is CCOc1ccccc1C(=O)NC(=S)Nc1ccc(OCc2ccccc2)cc1. The fourth-order valence-electron chi connectivity index (χ4n) is 2.64. The second kappa shape index (κ2) is 10.2. The molecule has 0 unspecified atom stereocenters. The van der Waals surface area contributed by atoms with Gasteiger partial charge in [0.2, 0.25) is 0 Å². The van der Waals surface area contributed by atoms with Crippen molar-refractivity contribution in [2.75, 3.05) is 11.9 Å². The minimum absolute atomic E-state index is 0.208. The number of thiocarbonyl (C=S) groups is 1. The van der Waals surface area contributed by atoms with Crippen molar-refractivity contribution in [1.82, 2.24) is 5.32 Å². The Morgan fingerprint density at radius 1 is 0.897 bits per heavy atom. The van der Waals surface area contributed by atoms with Crippen molar-refractivity contribution >= 4 is 28.9 Å². The molecule has 29 heavy (non-hydrogen) atoms. The van der Waals surface area contributed by atoms with E-state index in [-0.39, 0.29) is 11.0 Å². The third kappa shape index (κ3) is 6.05. The van der Waals surface area contributed by atoms with Crippen LogP contribution < -0.4 is 20.1 Å². The Morgan fingerprint density at radius 2 is 1.59 bits per heavy atom. The van der Waals surface area contributed by atoms with E-state index < -0.39 is 0 Å². The normalized spacial score (nSPS) is 10.1. The molecule has 5 nitrogen and oxygen atoms in total. The lowest BCUT2D eigenvalue weighted by Gasteiger charge is -2.13. The minimum Gasteiger partial charge on any atom is -0.493 e. The van der Waals surface area contributed by atoms with E-state index in [4.69, 9.17) is 21.7 Å². The molecule has 0 radical (unpaired) electrons. The van der Waals surface area contributed by atoms with Gasteiger partial charge in [-0.05, 0) is 61.1 Å². The zero-order chi connectivity index (χ0) is 20.5. The van der Waals surface area contributed by atoms with E-state index in [1.54, 1.807) is 18.2 Å². The van der Waals surface area contributed by atoms with Gasteiger partial charge in [-0.1, -0.05) is 42.5 Å².